The molecule has 0 aliphatic carbocycles. The number of fused-ring (bicyclic) bond motifs is 2. The average molecular weight is 334 g/mol. The lowest BCUT2D eigenvalue weighted by Crippen LogP contribution is -2.28. The Labute approximate surface area is 124 Å². The highest BCUT2D eigenvalue weighted by atomic mass is 79.9. The molecule has 0 radical (unpaired) electrons. The molecule has 1 heterocycles. The zero-order chi connectivity index (χ0) is 13.2. The van der Waals surface area contributed by atoms with Crippen LogP contribution in [0.4, 0.5) is 11.4 Å². The smallest absolute Gasteiger partial charge is 0.232 e. The van der Waals surface area contributed by atoms with Crippen LogP contribution < -0.4 is 4.90 Å². The van der Waals surface area contributed by atoms with Gasteiger partial charge in [0.2, 0.25) is 5.91 Å². The molecule has 2 nitrogen and oxygen atoms in total. The summed E-state index contributed by atoms with van der Waals surface area (Å²) in [7, 11) is 0. The first kappa shape index (κ1) is 12.8. The van der Waals surface area contributed by atoms with Gasteiger partial charge in [-0.25, -0.2) is 0 Å². The van der Waals surface area contributed by atoms with E-state index in [4.69, 9.17) is 0 Å². The summed E-state index contributed by atoms with van der Waals surface area (Å²) in [6.45, 7) is 0. The van der Waals surface area contributed by atoms with E-state index in [9.17, 15) is 4.79 Å². The van der Waals surface area contributed by atoms with Crippen molar-refractivity contribution in [3.63, 3.8) is 0 Å². The third-order valence-electron chi connectivity index (χ3n) is 2.99. The maximum atomic E-state index is 12.4. The zero-order valence-corrected chi connectivity index (χ0v) is 12.6. The first-order valence-electron chi connectivity index (χ1n) is 6.06. The Morgan fingerprint density at radius 3 is 2.05 bits per heavy atom. The lowest BCUT2D eigenvalue weighted by molar-refractivity contribution is -0.117. The second kappa shape index (κ2) is 5.39. The van der Waals surface area contributed by atoms with Gasteiger partial charge in [-0.3, -0.25) is 9.69 Å². The molecule has 0 bridgehead atoms. The van der Waals surface area contributed by atoms with Crippen LogP contribution in [0.5, 0.6) is 0 Å². The maximum absolute atomic E-state index is 12.4. The Kier molecular flexibility index (Phi) is 3.62. The standard InChI is InChI=1S/C15H12BrNOS/c16-10-9-15(18)17-11-5-1-3-7-13(11)19-14-8-4-2-6-12(14)17/h1-8H,9-10H2. The van der Waals surface area contributed by atoms with Gasteiger partial charge in [0.1, 0.15) is 0 Å². The van der Waals surface area contributed by atoms with Crippen LogP contribution in [0.1, 0.15) is 6.42 Å². The fourth-order valence-electron chi connectivity index (χ4n) is 2.17. The summed E-state index contributed by atoms with van der Waals surface area (Å²) in [5, 5.41) is 0.680. The summed E-state index contributed by atoms with van der Waals surface area (Å²) in [5.74, 6) is 0.122. The summed E-state index contributed by atoms with van der Waals surface area (Å²) < 4.78 is 0. The van der Waals surface area contributed by atoms with Gasteiger partial charge in [0.05, 0.1) is 11.4 Å². The molecule has 0 N–H and O–H groups in total. The lowest BCUT2D eigenvalue weighted by atomic mass is 10.2. The molecule has 3 rings (SSSR count). The fourth-order valence-corrected chi connectivity index (χ4v) is 3.56. The second-order valence-electron chi connectivity index (χ2n) is 4.21. The Bertz CT molecular complexity index is 584. The molecule has 0 unspecified atom stereocenters. The number of hydrogen-bond acceptors (Lipinski definition) is 2. The van der Waals surface area contributed by atoms with E-state index in [2.05, 4.69) is 28.1 Å². The van der Waals surface area contributed by atoms with Gasteiger partial charge in [0.25, 0.3) is 0 Å². The van der Waals surface area contributed by atoms with Crippen LogP contribution in [0, 0.1) is 0 Å². The largest absolute Gasteiger partial charge is 0.279 e. The normalized spacial score (nSPS) is 12.8. The predicted molar refractivity (Wildman–Crippen MR) is 82.6 cm³/mol. The highest BCUT2D eigenvalue weighted by Crippen LogP contribution is 2.47. The third kappa shape index (κ3) is 2.30. The molecule has 2 aromatic rings. The Morgan fingerprint density at radius 2 is 1.53 bits per heavy atom. The number of rotatable bonds is 2. The SMILES string of the molecule is O=C(CCBr)N1c2ccccc2Sc2ccccc21. The van der Waals surface area contributed by atoms with Gasteiger partial charge in [-0.15, -0.1) is 0 Å². The number of nitrogens with zero attached hydrogens (tertiary/aromatic N) is 1. The quantitative estimate of drug-likeness (QED) is 0.748. The fraction of sp³-hybridized carbons (Fsp3) is 0.133. The summed E-state index contributed by atoms with van der Waals surface area (Å²) in [6, 6.07) is 16.1. The van der Waals surface area contributed by atoms with E-state index in [1.165, 1.54) is 0 Å². The minimum atomic E-state index is 0.122. The molecule has 0 saturated carbocycles. The molecule has 4 heteroatoms. The van der Waals surface area contributed by atoms with Gasteiger partial charge in [0, 0.05) is 21.5 Å². The molecule has 0 saturated heterocycles. The van der Waals surface area contributed by atoms with Crippen molar-refractivity contribution in [1.82, 2.24) is 0 Å². The van der Waals surface area contributed by atoms with E-state index >= 15 is 0 Å². The number of para-hydroxylation sites is 2. The number of amides is 1. The van der Waals surface area contributed by atoms with E-state index in [0.717, 1.165) is 21.2 Å². The number of carbonyl (C=O) groups is 1. The Hall–Kier alpha value is -1.26. The van der Waals surface area contributed by atoms with Crippen molar-refractivity contribution in [2.75, 3.05) is 10.2 Å². The van der Waals surface area contributed by atoms with Crippen LogP contribution in [0.2, 0.25) is 0 Å². The molecule has 2 aromatic carbocycles. The van der Waals surface area contributed by atoms with Crippen LogP contribution in [-0.4, -0.2) is 11.2 Å². The van der Waals surface area contributed by atoms with E-state index in [-0.39, 0.29) is 5.91 Å². The summed E-state index contributed by atoms with van der Waals surface area (Å²) >= 11 is 5.06. The molecular formula is C15H12BrNOS. The van der Waals surface area contributed by atoms with Crippen molar-refractivity contribution < 1.29 is 4.79 Å². The van der Waals surface area contributed by atoms with Gasteiger partial charge in [-0.05, 0) is 24.3 Å². The van der Waals surface area contributed by atoms with Gasteiger partial charge >= 0.3 is 0 Å². The minimum Gasteiger partial charge on any atom is -0.279 e. The second-order valence-corrected chi connectivity index (χ2v) is 6.08. The highest BCUT2D eigenvalue weighted by molar-refractivity contribution is 9.09. The monoisotopic (exact) mass is 333 g/mol. The molecule has 1 aliphatic heterocycles. The predicted octanol–water partition coefficient (Wildman–Crippen LogP) is 4.60. The highest BCUT2D eigenvalue weighted by Gasteiger charge is 2.26. The summed E-state index contributed by atoms with van der Waals surface area (Å²) in [5.41, 5.74) is 1.97. The van der Waals surface area contributed by atoms with Crippen molar-refractivity contribution in [2.24, 2.45) is 0 Å². The molecular weight excluding hydrogens is 322 g/mol. The Balaban J connectivity index is 2.14. The number of hydrogen-bond donors (Lipinski definition) is 0. The summed E-state index contributed by atoms with van der Waals surface area (Å²) in [4.78, 5) is 16.5. The van der Waals surface area contributed by atoms with Crippen molar-refractivity contribution in [3.05, 3.63) is 48.5 Å². The van der Waals surface area contributed by atoms with Gasteiger partial charge in [-0.1, -0.05) is 52.0 Å². The molecule has 19 heavy (non-hydrogen) atoms. The van der Waals surface area contributed by atoms with E-state index in [1.807, 2.05) is 41.3 Å². The van der Waals surface area contributed by atoms with Crippen LogP contribution in [0.15, 0.2) is 58.3 Å². The molecule has 1 amide bonds. The van der Waals surface area contributed by atoms with Crippen molar-refractivity contribution in [1.29, 1.82) is 0 Å². The molecule has 1 aliphatic rings. The molecule has 0 fully saturated rings. The summed E-state index contributed by atoms with van der Waals surface area (Å²) in [6.07, 6.45) is 0.493. The maximum Gasteiger partial charge on any atom is 0.232 e. The van der Waals surface area contributed by atoms with Crippen LogP contribution in [0.25, 0.3) is 0 Å². The minimum absolute atomic E-state index is 0.122. The van der Waals surface area contributed by atoms with E-state index < -0.39 is 0 Å². The van der Waals surface area contributed by atoms with Gasteiger partial charge in [0.15, 0.2) is 0 Å². The molecule has 0 atom stereocenters. The van der Waals surface area contributed by atoms with Crippen LogP contribution in [-0.2, 0) is 4.79 Å². The van der Waals surface area contributed by atoms with Crippen LogP contribution >= 0.6 is 27.7 Å². The topological polar surface area (TPSA) is 20.3 Å². The zero-order valence-electron chi connectivity index (χ0n) is 10.2. The lowest BCUT2D eigenvalue weighted by Gasteiger charge is -2.30. The van der Waals surface area contributed by atoms with Crippen molar-refractivity contribution in [2.45, 2.75) is 16.2 Å². The van der Waals surface area contributed by atoms with Crippen LogP contribution in [0.3, 0.4) is 0 Å². The molecule has 96 valence electrons. The Morgan fingerprint density at radius 1 is 1.00 bits per heavy atom. The average Bonchev–Trinajstić information content (AvgIpc) is 2.44. The number of alkyl halides is 1. The molecule has 0 spiro atoms. The number of halogens is 1. The van der Waals surface area contributed by atoms with Gasteiger partial charge < -0.3 is 0 Å². The van der Waals surface area contributed by atoms with E-state index in [0.29, 0.717) is 11.8 Å². The number of carbonyl (C=O) groups excluding carboxylic acids is 1. The van der Waals surface area contributed by atoms with Crippen molar-refractivity contribution >= 4 is 45.0 Å². The van der Waals surface area contributed by atoms with Gasteiger partial charge in [-0.2, -0.15) is 0 Å². The first-order chi connectivity index (χ1) is 9.31. The number of anilines is 2. The van der Waals surface area contributed by atoms with E-state index in [1.54, 1.807) is 11.8 Å². The van der Waals surface area contributed by atoms with Crippen molar-refractivity contribution in [3.8, 4) is 0 Å². The molecule has 0 aromatic heterocycles. The first-order valence-corrected chi connectivity index (χ1v) is 8.00. The number of benzene rings is 2. The third-order valence-corrected chi connectivity index (χ3v) is 4.52.